The van der Waals surface area contributed by atoms with Crippen LogP contribution in [0.5, 0.6) is 0 Å². The van der Waals surface area contributed by atoms with Crippen LogP contribution < -0.4 is 15.9 Å². The summed E-state index contributed by atoms with van der Waals surface area (Å²) < 4.78 is 0. The fourth-order valence-corrected chi connectivity index (χ4v) is 5.07. The Morgan fingerprint density at radius 1 is 1.16 bits per heavy atom. The molecule has 0 radical (unpaired) electrons. The molecule has 2 N–H and O–H groups in total. The summed E-state index contributed by atoms with van der Waals surface area (Å²) >= 11 is 6.43. The molecule has 3 heterocycles. The quantitative estimate of drug-likeness (QED) is 0.476. The highest BCUT2D eigenvalue weighted by molar-refractivity contribution is 6.20. The van der Waals surface area contributed by atoms with E-state index in [0.717, 1.165) is 48.3 Å². The molecular weight excluding hydrogens is 412 g/mol. The first kappa shape index (κ1) is 20.4. The lowest BCUT2D eigenvalue weighted by atomic mass is 9.98. The standard InChI is InChI=1S/C23H27ClN6O/c1-15-13-19(31)26-22-20(15)21(16-7-5-6-8-16)27-23(28-22)30(17-9-3-2-4-10-17)29-12-11-25-18(24)14-29/h2-4,9-10,13,16,18,25H,5-8,11-12,14H2,1H3,(H,26,27,28,31). The van der Waals surface area contributed by atoms with Crippen LogP contribution in [0.25, 0.3) is 11.0 Å². The Balaban J connectivity index is 1.71. The number of fused-ring (bicyclic) bond motifs is 1. The topological polar surface area (TPSA) is 77.2 Å². The molecule has 162 valence electrons. The van der Waals surface area contributed by atoms with Gasteiger partial charge in [0.1, 0.15) is 5.65 Å². The Kier molecular flexibility index (Phi) is 5.65. The van der Waals surface area contributed by atoms with Gasteiger partial charge in [0, 0.05) is 37.0 Å². The molecule has 3 aromatic rings. The van der Waals surface area contributed by atoms with Gasteiger partial charge in [0.2, 0.25) is 11.5 Å². The minimum Gasteiger partial charge on any atom is -0.306 e. The van der Waals surface area contributed by atoms with Crippen molar-refractivity contribution in [1.82, 2.24) is 25.3 Å². The second-order valence-electron chi connectivity index (χ2n) is 8.41. The van der Waals surface area contributed by atoms with Crippen LogP contribution in [0, 0.1) is 6.92 Å². The smallest absolute Gasteiger partial charge is 0.249 e. The van der Waals surface area contributed by atoms with Gasteiger partial charge in [0.05, 0.1) is 16.9 Å². The molecule has 1 aromatic carbocycles. The number of hydrazine groups is 1. The molecule has 1 atom stereocenters. The van der Waals surface area contributed by atoms with Crippen LogP contribution in [0.15, 0.2) is 41.2 Å². The minimum absolute atomic E-state index is 0.138. The number of anilines is 2. The SMILES string of the molecule is Cc1cc(=O)[nH]c2nc(N(c3ccccc3)N3CCNC(Cl)C3)nc(C3CCCC3)c12. The number of rotatable bonds is 4. The summed E-state index contributed by atoms with van der Waals surface area (Å²) in [5.41, 5.74) is 3.26. The Bertz CT molecular complexity index is 1130. The average Bonchev–Trinajstić information content (AvgIpc) is 3.29. The number of aromatic nitrogens is 3. The third-order valence-electron chi connectivity index (χ3n) is 6.23. The van der Waals surface area contributed by atoms with Crippen molar-refractivity contribution in [1.29, 1.82) is 0 Å². The monoisotopic (exact) mass is 438 g/mol. The van der Waals surface area contributed by atoms with Crippen molar-refractivity contribution in [3.05, 3.63) is 58.0 Å². The Labute approximate surface area is 186 Å². The maximum atomic E-state index is 12.3. The predicted molar refractivity (Wildman–Crippen MR) is 124 cm³/mol. The van der Waals surface area contributed by atoms with Crippen molar-refractivity contribution in [3.63, 3.8) is 0 Å². The van der Waals surface area contributed by atoms with E-state index < -0.39 is 0 Å². The number of hydrogen-bond donors (Lipinski definition) is 2. The number of benzene rings is 1. The van der Waals surface area contributed by atoms with E-state index in [0.29, 0.717) is 24.1 Å². The number of nitrogens with one attached hydrogen (secondary N) is 2. The van der Waals surface area contributed by atoms with Gasteiger partial charge in [-0.3, -0.25) is 10.1 Å². The zero-order chi connectivity index (χ0) is 21.4. The van der Waals surface area contributed by atoms with Gasteiger partial charge in [-0.1, -0.05) is 31.0 Å². The molecule has 1 saturated carbocycles. The Hall–Kier alpha value is -2.48. The van der Waals surface area contributed by atoms with Crippen LogP contribution in [-0.2, 0) is 0 Å². The minimum atomic E-state index is -0.156. The van der Waals surface area contributed by atoms with Crippen LogP contribution in [0.4, 0.5) is 11.6 Å². The molecule has 31 heavy (non-hydrogen) atoms. The predicted octanol–water partition coefficient (Wildman–Crippen LogP) is 3.81. The maximum Gasteiger partial charge on any atom is 0.249 e. The van der Waals surface area contributed by atoms with Crippen molar-refractivity contribution in [3.8, 4) is 0 Å². The van der Waals surface area contributed by atoms with Crippen molar-refractivity contribution in [2.75, 3.05) is 24.6 Å². The second kappa shape index (κ2) is 8.57. The zero-order valence-electron chi connectivity index (χ0n) is 17.6. The molecule has 5 rings (SSSR count). The summed E-state index contributed by atoms with van der Waals surface area (Å²) in [5, 5.41) is 8.49. The molecule has 2 aliphatic rings. The molecule has 2 fully saturated rings. The van der Waals surface area contributed by atoms with Gasteiger partial charge >= 0.3 is 0 Å². The van der Waals surface area contributed by atoms with Crippen molar-refractivity contribution >= 4 is 34.3 Å². The van der Waals surface area contributed by atoms with Gasteiger partial charge < -0.3 is 4.98 Å². The van der Waals surface area contributed by atoms with E-state index in [9.17, 15) is 4.79 Å². The number of nitrogens with zero attached hydrogens (tertiary/aromatic N) is 4. The van der Waals surface area contributed by atoms with Crippen LogP contribution in [0.1, 0.15) is 42.9 Å². The second-order valence-corrected chi connectivity index (χ2v) is 8.94. The first-order valence-corrected chi connectivity index (χ1v) is 11.4. The third-order valence-corrected chi connectivity index (χ3v) is 6.52. The van der Waals surface area contributed by atoms with Gasteiger partial charge in [-0.2, -0.15) is 4.98 Å². The highest BCUT2D eigenvalue weighted by Crippen LogP contribution is 2.38. The number of pyridine rings is 1. The lowest BCUT2D eigenvalue weighted by Crippen LogP contribution is -2.54. The molecule has 1 saturated heterocycles. The number of hydrogen-bond acceptors (Lipinski definition) is 6. The highest BCUT2D eigenvalue weighted by Gasteiger charge is 2.29. The van der Waals surface area contributed by atoms with E-state index >= 15 is 0 Å². The number of alkyl halides is 1. The number of piperazine rings is 1. The number of halogens is 1. The van der Waals surface area contributed by atoms with E-state index in [-0.39, 0.29) is 11.1 Å². The zero-order valence-corrected chi connectivity index (χ0v) is 18.4. The van der Waals surface area contributed by atoms with Gasteiger partial charge in [-0.25, -0.2) is 15.0 Å². The van der Waals surface area contributed by atoms with E-state index in [2.05, 4.69) is 20.3 Å². The molecule has 2 aromatic heterocycles. The van der Waals surface area contributed by atoms with E-state index in [1.165, 1.54) is 12.8 Å². The number of para-hydroxylation sites is 1. The average molecular weight is 439 g/mol. The Morgan fingerprint density at radius 2 is 1.94 bits per heavy atom. The van der Waals surface area contributed by atoms with Gasteiger partial charge in [0.15, 0.2) is 0 Å². The molecule has 1 unspecified atom stereocenters. The van der Waals surface area contributed by atoms with Crippen molar-refractivity contribution in [2.24, 2.45) is 0 Å². The number of aromatic amines is 1. The molecular formula is C23H27ClN6O. The first-order chi connectivity index (χ1) is 15.1. The molecule has 0 spiro atoms. The number of aryl methyl sites for hydroxylation is 1. The van der Waals surface area contributed by atoms with Crippen LogP contribution in [0.2, 0.25) is 0 Å². The van der Waals surface area contributed by atoms with E-state index in [1.54, 1.807) is 6.07 Å². The lowest BCUT2D eigenvalue weighted by molar-refractivity contribution is 0.227. The van der Waals surface area contributed by atoms with Gasteiger partial charge in [0.25, 0.3) is 0 Å². The first-order valence-electron chi connectivity index (χ1n) is 11.0. The van der Waals surface area contributed by atoms with Crippen molar-refractivity contribution < 1.29 is 0 Å². The van der Waals surface area contributed by atoms with Crippen LogP contribution in [0.3, 0.4) is 0 Å². The summed E-state index contributed by atoms with van der Waals surface area (Å²) in [7, 11) is 0. The molecule has 7 nitrogen and oxygen atoms in total. The summed E-state index contributed by atoms with van der Waals surface area (Å²) in [6.45, 7) is 4.16. The fraction of sp³-hybridized carbons (Fsp3) is 0.435. The highest BCUT2D eigenvalue weighted by atomic mass is 35.5. The maximum absolute atomic E-state index is 12.3. The largest absolute Gasteiger partial charge is 0.306 e. The molecule has 0 bridgehead atoms. The summed E-state index contributed by atoms with van der Waals surface area (Å²) in [6, 6.07) is 11.8. The Morgan fingerprint density at radius 3 is 2.68 bits per heavy atom. The summed E-state index contributed by atoms with van der Waals surface area (Å²) in [6.07, 6.45) is 4.66. The molecule has 8 heteroatoms. The van der Waals surface area contributed by atoms with E-state index in [4.69, 9.17) is 21.6 Å². The van der Waals surface area contributed by atoms with E-state index in [1.807, 2.05) is 37.3 Å². The van der Waals surface area contributed by atoms with Crippen molar-refractivity contribution in [2.45, 2.75) is 44.0 Å². The molecule has 1 aliphatic carbocycles. The lowest BCUT2D eigenvalue weighted by Gasteiger charge is -2.39. The number of H-pyrrole nitrogens is 1. The van der Waals surface area contributed by atoms with Gasteiger partial charge in [-0.05, 0) is 37.5 Å². The normalized spacial score (nSPS) is 20.4. The fourth-order valence-electron chi connectivity index (χ4n) is 4.80. The molecule has 0 amide bonds. The molecule has 1 aliphatic heterocycles. The van der Waals surface area contributed by atoms with Gasteiger partial charge in [-0.15, -0.1) is 11.6 Å². The summed E-state index contributed by atoms with van der Waals surface area (Å²) in [4.78, 5) is 25.2. The third kappa shape index (κ3) is 4.05. The van der Waals surface area contributed by atoms with Crippen LogP contribution in [-0.4, -0.2) is 45.1 Å². The summed E-state index contributed by atoms with van der Waals surface area (Å²) in [5.74, 6) is 0.961. The van der Waals surface area contributed by atoms with Crippen LogP contribution >= 0.6 is 11.6 Å².